The van der Waals surface area contributed by atoms with Crippen LogP contribution in [0.5, 0.6) is 5.75 Å². The molecule has 0 radical (unpaired) electrons. The van der Waals surface area contributed by atoms with E-state index in [2.05, 4.69) is 21.3 Å². The van der Waals surface area contributed by atoms with Crippen molar-refractivity contribution in [2.24, 2.45) is 0 Å². The molecule has 0 saturated carbocycles. The van der Waals surface area contributed by atoms with Crippen molar-refractivity contribution in [3.8, 4) is 5.75 Å². The third kappa shape index (κ3) is 11.7. The first-order valence-corrected chi connectivity index (χ1v) is 15.9. The number of carboxylic acids is 1. The number of hydrogen-bond acceptors (Lipinski definition) is 9. The predicted octanol–water partition coefficient (Wildman–Crippen LogP) is 0.975. The van der Waals surface area contributed by atoms with Crippen LogP contribution < -0.4 is 26.0 Å². The molecule has 0 aliphatic carbocycles. The highest BCUT2D eigenvalue weighted by Gasteiger charge is 2.31. The molecule has 248 valence electrons. The molecular formula is C31H39N5O9S. The molecule has 46 heavy (non-hydrogen) atoms. The van der Waals surface area contributed by atoms with Crippen LogP contribution in [0.25, 0.3) is 0 Å². The number of carbonyl (C=O) groups excluding carboxylic acids is 6. The molecule has 1 aliphatic heterocycles. The number of fused-ring (bicyclic) bond motifs is 1. The summed E-state index contributed by atoms with van der Waals surface area (Å²) in [7, 11) is 0. The van der Waals surface area contributed by atoms with Crippen LogP contribution in [-0.4, -0.2) is 88.7 Å². The van der Waals surface area contributed by atoms with Gasteiger partial charge >= 0.3 is 5.97 Å². The van der Waals surface area contributed by atoms with E-state index < -0.39 is 29.6 Å². The lowest BCUT2D eigenvalue weighted by molar-refractivity contribution is -0.138. The lowest BCUT2D eigenvalue weighted by atomic mass is 10.1. The number of rotatable bonds is 19. The van der Waals surface area contributed by atoms with E-state index in [0.29, 0.717) is 48.8 Å². The molecule has 3 rings (SSSR count). The zero-order valence-corrected chi connectivity index (χ0v) is 26.4. The number of amides is 4. The van der Waals surface area contributed by atoms with E-state index in [0.717, 1.165) is 37.4 Å². The number of aromatic nitrogens is 1. The SMILES string of the molecule is CC(=O)SCC(=O)NCC(=O)NCC(=O)NCC(=O)NCCCCCCOc1ccc(C(=O)c2ccc3n2CCC3C(=O)O)cc1. The molecule has 1 unspecified atom stereocenters. The minimum atomic E-state index is -0.880. The van der Waals surface area contributed by atoms with Gasteiger partial charge in [0.05, 0.1) is 43.6 Å². The fraction of sp³-hybridized carbons (Fsp3) is 0.452. The van der Waals surface area contributed by atoms with Gasteiger partial charge < -0.3 is 35.7 Å². The molecule has 14 nitrogen and oxygen atoms in total. The number of hydrogen-bond donors (Lipinski definition) is 5. The van der Waals surface area contributed by atoms with Gasteiger partial charge in [-0.15, -0.1) is 0 Å². The fourth-order valence-electron chi connectivity index (χ4n) is 4.68. The zero-order chi connectivity index (χ0) is 33.5. The van der Waals surface area contributed by atoms with Gasteiger partial charge in [0.1, 0.15) is 5.75 Å². The normalized spacial score (nSPS) is 13.3. The van der Waals surface area contributed by atoms with Crippen LogP contribution >= 0.6 is 11.8 Å². The summed E-state index contributed by atoms with van der Waals surface area (Å²) in [4.78, 5) is 82.2. The topological polar surface area (TPSA) is 202 Å². The third-order valence-electron chi connectivity index (χ3n) is 7.07. The molecule has 1 atom stereocenters. The second kappa shape index (κ2) is 18.3. The van der Waals surface area contributed by atoms with Gasteiger partial charge in [0.25, 0.3) is 0 Å². The number of benzene rings is 1. The van der Waals surface area contributed by atoms with Crippen molar-refractivity contribution in [2.45, 2.75) is 51.5 Å². The van der Waals surface area contributed by atoms with Crippen molar-refractivity contribution in [3.63, 3.8) is 0 Å². The van der Waals surface area contributed by atoms with Crippen molar-refractivity contribution in [2.75, 3.05) is 38.5 Å². The average molecular weight is 658 g/mol. The van der Waals surface area contributed by atoms with E-state index in [9.17, 15) is 38.7 Å². The number of carbonyl (C=O) groups is 7. The molecule has 1 aromatic heterocycles. The maximum Gasteiger partial charge on any atom is 0.312 e. The van der Waals surface area contributed by atoms with Crippen molar-refractivity contribution >= 4 is 52.3 Å². The first-order valence-electron chi connectivity index (χ1n) is 14.9. The van der Waals surface area contributed by atoms with Gasteiger partial charge in [0.15, 0.2) is 5.12 Å². The Bertz CT molecular complexity index is 1420. The number of aliphatic carboxylic acids is 1. The van der Waals surface area contributed by atoms with Gasteiger partial charge in [-0.3, -0.25) is 33.6 Å². The molecule has 0 spiro atoms. The van der Waals surface area contributed by atoms with E-state index in [-0.39, 0.29) is 42.2 Å². The monoisotopic (exact) mass is 657 g/mol. The fourth-order valence-corrected chi connectivity index (χ4v) is 5.12. The Labute approximate surface area is 270 Å². The minimum Gasteiger partial charge on any atom is -0.494 e. The van der Waals surface area contributed by atoms with Crippen LogP contribution in [0.3, 0.4) is 0 Å². The Morgan fingerprint density at radius 3 is 2.04 bits per heavy atom. The van der Waals surface area contributed by atoms with Crippen LogP contribution in [-0.2, 0) is 35.3 Å². The van der Waals surface area contributed by atoms with Crippen molar-refractivity contribution in [1.82, 2.24) is 25.8 Å². The number of unbranched alkanes of at least 4 members (excludes halogenated alkanes) is 3. The zero-order valence-electron chi connectivity index (χ0n) is 25.6. The lowest BCUT2D eigenvalue weighted by Gasteiger charge is -2.09. The maximum absolute atomic E-state index is 13.0. The molecule has 15 heteroatoms. The van der Waals surface area contributed by atoms with Crippen molar-refractivity contribution in [3.05, 3.63) is 53.3 Å². The Morgan fingerprint density at radius 1 is 0.804 bits per heavy atom. The summed E-state index contributed by atoms with van der Waals surface area (Å²) in [5.41, 5.74) is 1.64. The van der Waals surface area contributed by atoms with Gasteiger partial charge in [0, 0.05) is 31.3 Å². The van der Waals surface area contributed by atoms with E-state index >= 15 is 0 Å². The number of nitrogens with one attached hydrogen (secondary N) is 4. The summed E-state index contributed by atoms with van der Waals surface area (Å²) in [5, 5.41) is 18.9. The standard InChI is InChI=1S/C31H39N5O9S/c1-20(37)46-19-29(41)35-18-28(40)34-17-27(39)33-16-26(38)32-13-4-2-3-5-15-45-22-8-6-21(7-9-22)30(42)25-11-10-24-23(31(43)44)12-14-36(24)25/h6-11,23H,2-5,12-19H2,1H3,(H,32,38)(H,33,39)(H,34,40)(H,35,41)(H,43,44). The van der Waals surface area contributed by atoms with Gasteiger partial charge in [0.2, 0.25) is 29.4 Å². The molecule has 2 aromatic rings. The molecule has 2 heterocycles. The second-order valence-corrected chi connectivity index (χ2v) is 11.7. The Kier molecular flexibility index (Phi) is 14.3. The van der Waals surface area contributed by atoms with E-state index in [1.54, 1.807) is 41.0 Å². The number of carboxylic acid groups (broad SMARTS) is 1. The Morgan fingerprint density at radius 2 is 1.41 bits per heavy atom. The third-order valence-corrected chi connectivity index (χ3v) is 7.88. The molecule has 0 fully saturated rings. The minimum absolute atomic E-state index is 0.0908. The van der Waals surface area contributed by atoms with Gasteiger partial charge in [-0.2, -0.15) is 0 Å². The quantitative estimate of drug-likeness (QED) is 0.107. The highest BCUT2D eigenvalue weighted by molar-refractivity contribution is 8.14. The second-order valence-electron chi connectivity index (χ2n) is 10.6. The van der Waals surface area contributed by atoms with Crippen LogP contribution in [0.15, 0.2) is 36.4 Å². The average Bonchev–Trinajstić information content (AvgIpc) is 3.64. The highest BCUT2D eigenvalue weighted by atomic mass is 32.2. The van der Waals surface area contributed by atoms with Gasteiger partial charge in [-0.25, -0.2) is 0 Å². The van der Waals surface area contributed by atoms with E-state index in [4.69, 9.17) is 4.74 Å². The van der Waals surface area contributed by atoms with Crippen molar-refractivity contribution < 1.29 is 43.4 Å². The van der Waals surface area contributed by atoms with Gasteiger partial charge in [-0.1, -0.05) is 24.6 Å². The Balaban J connectivity index is 1.19. The van der Waals surface area contributed by atoms with E-state index in [1.807, 2.05) is 0 Å². The first-order chi connectivity index (χ1) is 22.0. The van der Waals surface area contributed by atoms with Crippen LogP contribution in [0.4, 0.5) is 0 Å². The van der Waals surface area contributed by atoms with Crippen LogP contribution in [0.1, 0.15) is 66.7 Å². The summed E-state index contributed by atoms with van der Waals surface area (Å²) >= 11 is 0.824. The number of nitrogens with zero attached hydrogens (tertiary/aromatic N) is 1. The molecule has 0 bridgehead atoms. The maximum atomic E-state index is 13.0. The summed E-state index contributed by atoms with van der Waals surface area (Å²) in [5.74, 6) is -3.03. The molecule has 1 aromatic carbocycles. The molecule has 4 amide bonds. The molecule has 5 N–H and O–H groups in total. The lowest BCUT2D eigenvalue weighted by Crippen LogP contribution is -2.44. The molecule has 1 aliphatic rings. The number of thioether (sulfide) groups is 1. The summed E-state index contributed by atoms with van der Waals surface area (Å²) in [6.45, 7) is 1.87. The Hall–Kier alpha value is -4.66. The predicted molar refractivity (Wildman–Crippen MR) is 168 cm³/mol. The smallest absolute Gasteiger partial charge is 0.312 e. The van der Waals surface area contributed by atoms with Crippen molar-refractivity contribution in [1.29, 1.82) is 0 Å². The summed E-state index contributed by atoms with van der Waals surface area (Å²) in [6.07, 6.45) is 3.78. The van der Waals surface area contributed by atoms with Crippen LogP contribution in [0.2, 0.25) is 0 Å². The largest absolute Gasteiger partial charge is 0.494 e. The first kappa shape index (κ1) is 35.8. The molecular weight excluding hydrogens is 618 g/mol. The number of ether oxygens (including phenoxy) is 1. The van der Waals surface area contributed by atoms with E-state index in [1.165, 1.54) is 6.92 Å². The molecule has 0 saturated heterocycles. The van der Waals surface area contributed by atoms with Crippen LogP contribution in [0, 0.1) is 0 Å². The summed E-state index contributed by atoms with van der Waals surface area (Å²) < 4.78 is 7.56. The number of ketones is 1. The highest BCUT2D eigenvalue weighted by Crippen LogP contribution is 2.31. The summed E-state index contributed by atoms with van der Waals surface area (Å²) in [6, 6.07) is 10.3. The van der Waals surface area contributed by atoms with Gasteiger partial charge in [-0.05, 0) is 55.7 Å².